The van der Waals surface area contributed by atoms with Crippen LogP contribution in [0.5, 0.6) is 0 Å². The van der Waals surface area contributed by atoms with Gasteiger partial charge in [0.2, 0.25) is 5.91 Å². The van der Waals surface area contributed by atoms with Gasteiger partial charge in [-0.2, -0.15) is 0 Å². The number of likely N-dealkylation sites (tertiary alicyclic amines) is 1. The molecular weight excluding hydrogens is 238 g/mol. The second kappa shape index (κ2) is 6.57. The molecule has 1 atom stereocenters. The summed E-state index contributed by atoms with van der Waals surface area (Å²) in [5.41, 5.74) is 7.13. The van der Waals surface area contributed by atoms with E-state index in [1.165, 1.54) is 19.3 Å². The molecule has 0 aromatic heterocycles. The number of nitrogens with two attached hydrogens (primary N) is 1. The van der Waals surface area contributed by atoms with Crippen LogP contribution in [0, 0.1) is 0 Å². The smallest absolute Gasteiger partial charge is 0.225 e. The Bertz CT molecular complexity index is 416. The fraction of sp³-hybridized carbons (Fsp3) is 0.533. The van der Waals surface area contributed by atoms with E-state index in [-0.39, 0.29) is 5.91 Å². The molecule has 4 nitrogen and oxygen atoms in total. The monoisotopic (exact) mass is 261 g/mol. The predicted molar refractivity (Wildman–Crippen MR) is 79.0 cm³/mol. The molecule has 3 N–H and O–H groups in total. The lowest BCUT2D eigenvalue weighted by Gasteiger charge is -2.22. The molecule has 0 spiro atoms. The number of carbonyl (C=O) groups is 1. The number of nitrogen functional groups attached to an aromatic ring is 1. The van der Waals surface area contributed by atoms with Crippen LogP contribution in [0.3, 0.4) is 0 Å². The van der Waals surface area contributed by atoms with E-state index in [0.29, 0.717) is 18.2 Å². The van der Waals surface area contributed by atoms with Gasteiger partial charge >= 0.3 is 0 Å². The van der Waals surface area contributed by atoms with Gasteiger partial charge in [-0.1, -0.05) is 6.92 Å². The SMILES string of the molecule is CCC1CCCN1CCC(=O)Nc1ccc(N)cc1. The summed E-state index contributed by atoms with van der Waals surface area (Å²) in [6.07, 6.45) is 4.27. The van der Waals surface area contributed by atoms with E-state index < -0.39 is 0 Å². The Morgan fingerprint density at radius 1 is 1.42 bits per heavy atom. The number of benzene rings is 1. The minimum Gasteiger partial charge on any atom is -0.399 e. The molecule has 1 aromatic rings. The summed E-state index contributed by atoms with van der Waals surface area (Å²) in [5.74, 6) is 0.0755. The molecule has 1 amide bonds. The highest BCUT2D eigenvalue weighted by molar-refractivity contribution is 5.90. The standard InChI is InChI=1S/C15H23N3O/c1-2-14-4-3-10-18(14)11-9-15(19)17-13-7-5-12(16)6-8-13/h5-8,14H,2-4,9-11,16H2,1H3,(H,17,19). The van der Waals surface area contributed by atoms with Gasteiger partial charge in [-0.05, 0) is 50.1 Å². The van der Waals surface area contributed by atoms with Crippen molar-refractivity contribution in [3.05, 3.63) is 24.3 Å². The van der Waals surface area contributed by atoms with Crippen LogP contribution in [-0.2, 0) is 4.79 Å². The maximum Gasteiger partial charge on any atom is 0.225 e. The average Bonchev–Trinajstić information content (AvgIpc) is 2.86. The van der Waals surface area contributed by atoms with Crippen LogP contribution in [0.25, 0.3) is 0 Å². The normalized spacial score (nSPS) is 19.5. The van der Waals surface area contributed by atoms with Gasteiger partial charge in [0.25, 0.3) is 0 Å². The third-order valence-corrected chi connectivity index (χ3v) is 3.79. The molecule has 1 aromatic carbocycles. The van der Waals surface area contributed by atoms with Gasteiger partial charge in [0.05, 0.1) is 0 Å². The third kappa shape index (κ3) is 3.96. The van der Waals surface area contributed by atoms with Crippen molar-refractivity contribution in [1.29, 1.82) is 0 Å². The number of nitrogens with zero attached hydrogens (tertiary/aromatic N) is 1. The van der Waals surface area contributed by atoms with E-state index in [9.17, 15) is 4.79 Å². The quantitative estimate of drug-likeness (QED) is 0.801. The maximum atomic E-state index is 11.9. The third-order valence-electron chi connectivity index (χ3n) is 3.79. The zero-order valence-corrected chi connectivity index (χ0v) is 11.6. The van der Waals surface area contributed by atoms with Crippen LogP contribution in [0.4, 0.5) is 11.4 Å². The Labute approximate surface area is 115 Å². The molecule has 1 saturated heterocycles. The first-order chi connectivity index (χ1) is 9.19. The number of carbonyl (C=O) groups excluding carboxylic acids is 1. The number of amides is 1. The van der Waals surface area contributed by atoms with Crippen molar-refractivity contribution in [3.8, 4) is 0 Å². The number of nitrogens with one attached hydrogen (secondary N) is 1. The lowest BCUT2D eigenvalue weighted by Crippen LogP contribution is -2.31. The van der Waals surface area contributed by atoms with E-state index in [0.717, 1.165) is 18.8 Å². The van der Waals surface area contributed by atoms with Crippen LogP contribution in [0.2, 0.25) is 0 Å². The molecule has 1 heterocycles. The molecule has 104 valence electrons. The van der Waals surface area contributed by atoms with Gasteiger partial charge in [0.1, 0.15) is 0 Å². The summed E-state index contributed by atoms with van der Waals surface area (Å²) in [6, 6.07) is 7.92. The van der Waals surface area contributed by atoms with Gasteiger partial charge in [-0.15, -0.1) is 0 Å². The van der Waals surface area contributed by atoms with Gasteiger partial charge < -0.3 is 11.1 Å². The molecule has 0 saturated carbocycles. The zero-order valence-electron chi connectivity index (χ0n) is 11.6. The van der Waals surface area contributed by atoms with Crippen LogP contribution in [0.15, 0.2) is 24.3 Å². The minimum absolute atomic E-state index is 0.0755. The molecule has 1 unspecified atom stereocenters. The van der Waals surface area contributed by atoms with E-state index >= 15 is 0 Å². The van der Waals surface area contributed by atoms with Gasteiger partial charge in [-0.3, -0.25) is 9.69 Å². The Morgan fingerprint density at radius 2 is 2.16 bits per heavy atom. The van der Waals surface area contributed by atoms with Crippen LogP contribution in [-0.4, -0.2) is 29.9 Å². The first-order valence-electron chi connectivity index (χ1n) is 7.08. The molecule has 4 heteroatoms. The fourth-order valence-corrected chi connectivity index (χ4v) is 2.69. The molecule has 1 aliphatic rings. The first kappa shape index (κ1) is 13.9. The Morgan fingerprint density at radius 3 is 2.84 bits per heavy atom. The van der Waals surface area contributed by atoms with Gasteiger partial charge in [0, 0.05) is 30.4 Å². The predicted octanol–water partition coefficient (Wildman–Crippen LogP) is 2.47. The molecule has 0 aliphatic carbocycles. The van der Waals surface area contributed by atoms with Gasteiger partial charge in [-0.25, -0.2) is 0 Å². The molecule has 0 bridgehead atoms. The van der Waals surface area contributed by atoms with Crippen LogP contribution in [0.1, 0.15) is 32.6 Å². The molecular formula is C15H23N3O. The summed E-state index contributed by atoms with van der Waals surface area (Å²) >= 11 is 0. The second-order valence-corrected chi connectivity index (χ2v) is 5.16. The summed E-state index contributed by atoms with van der Waals surface area (Å²) in [7, 11) is 0. The van der Waals surface area contributed by atoms with Crippen molar-refractivity contribution in [2.45, 2.75) is 38.6 Å². The molecule has 2 rings (SSSR count). The van der Waals surface area contributed by atoms with Crippen molar-refractivity contribution in [1.82, 2.24) is 4.90 Å². The van der Waals surface area contributed by atoms with E-state index in [1.807, 2.05) is 12.1 Å². The van der Waals surface area contributed by atoms with Crippen molar-refractivity contribution in [3.63, 3.8) is 0 Å². The van der Waals surface area contributed by atoms with Crippen molar-refractivity contribution < 1.29 is 4.79 Å². The highest BCUT2D eigenvalue weighted by Crippen LogP contribution is 2.19. The number of hydrogen-bond donors (Lipinski definition) is 2. The molecule has 19 heavy (non-hydrogen) atoms. The van der Waals surface area contributed by atoms with E-state index in [2.05, 4.69) is 17.1 Å². The van der Waals surface area contributed by atoms with Crippen molar-refractivity contribution in [2.75, 3.05) is 24.1 Å². The summed E-state index contributed by atoms with van der Waals surface area (Å²) in [5, 5.41) is 2.90. The topological polar surface area (TPSA) is 58.4 Å². The first-order valence-corrected chi connectivity index (χ1v) is 7.08. The lowest BCUT2D eigenvalue weighted by atomic mass is 10.1. The molecule has 1 aliphatic heterocycles. The Kier molecular flexibility index (Phi) is 4.80. The van der Waals surface area contributed by atoms with E-state index in [1.54, 1.807) is 12.1 Å². The van der Waals surface area contributed by atoms with Crippen LogP contribution >= 0.6 is 0 Å². The highest BCUT2D eigenvalue weighted by Gasteiger charge is 2.22. The largest absolute Gasteiger partial charge is 0.399 e. The number of hydrogen-bond acceptors (Lipinski definition) is 3. The van der Waals surface area contributed by atoms with Gasteiger partial charge in [0.15, 0.2) is 0 Å². The summed E-state index contributed by atoms with van der Waals surface area (Å²) in [6.45, 7) is 4.21. The minimum atomic E-state index is 0.0755. The zero-order chi connectivity index (χ0) is 13.7. The molecule has 0 radical (unpaired) electrons. The second-order valence-electron chi connectivity index (χ2n) is 5.16. The highest BCUT2D eigenvalue weighted by atomic mass is 16.1. The fourth-order valence-electron chi connectivity index (χ4n) is 2.69. The molecule has 1 fully saturated rings. The lowest BCUT2D eigenvalue weighted by molar-refractivity contribution is -0.116. The van der Waals surface area contributed by atoms with E-state index in [4.69, 9.17) is 5.73 Å². The van der Waals surface area contributed by atoms with Crippen molar-refractivity contribution >= 4 is 17.3 Å². The summed E-state index contributed by atoms with van der Waals surface area (Å²) in [4.78, 5) is 14.3. The summed E-state index contributed by atoms with van der Waals surface area (Å²) < 4.78 is 0. The van der Waals surface area contributed by atoms with Crippen molar-refractivity contribution in [2.24, 2.45) is 0 Å². The average molecular weight is 261 g/mol. The maximum absolute atomic E-state index is 11.9. The number of anilines is 2. The van der Waals surface area contributed by atoms with Crippen LogP contribution < -0.4 is 11.1 Å². The Hall–Kier alpha value is -1.55. The Balaban J connectivity index is 1.77. The number of rotatable bonds is 5.